The van der Waals surface area contributed by atoms with Gasteiger partial charge in [0.25, 0.3) is 0 Å². The summed E-state index contributed by atoms with van der Waals surface area (Å²) in [5.41, 5.74) is 6.50. The van der Waals surface area contributed by atoms with Gasteiger partial charge in [0.15, 0.2) is 0 Å². The van der Waals surface area contributed by atoms with Crippen molar-refractivity contribution < 1.29 is 9.53 Å². The number of nitrogens with zero attached hydrogens (tertiary/aromatic N) is 1. The Morgan fingerprint density at radius 2 is 2.24 bits per heavy atom. The molecule has 1 aromatic rings. The Balaban J connectivity index is 1.96. The Labute approximate surface area is 126 Å². The van der Waals surface area contributed by atoms with Crippen molar-refractivity contribution >= 4 is 5.91 Å². The average molecular weight is 291 g/mol. The predicted octanol–water partition coefficient (Wildman–Crippen LogP) is 1.86. The van der Waals surface area contributed by atoms with Crippen LogP contribution >= 0.6 is 0 Å². The molecule has 0 aromatic carbocycles. The molecule has 1 aliphatic rings. The number of hydrogen-bond acceptors (Lipinski definition) is 4. The van der Waals surface area contributed by atoms with Gasteiger partial charge in [0.1, 0.15) is 0 Å². The maximum Gasteiger partial charge on any atom is 0.227 e. The number of aromatic nitrogens is 1. The van der Waals surface area contributed by atoms with Crippen LogP contribution < -0.4 is 15.8 Å². The number of methoxy groups -OCH3 is 1. The van der Waals surface area contributed by atoms with Crippen LogP contribution in [-0.2, 0) is 11.3 Å². The first-order valence-corrected chi connectivity index (χ1v) is 7.57. The van der Waals surface area contributed by atoms with Crippen molar-refractivity contribution in [2.45, 2.75) is 39.2 Å². The zero-order chi connectivity index (χ0) is 15.3. The standard InChI is InChI=1S/C16H25N3O2/c1-12-3-6-16(11-17,7-4-12)15(20)19-10-13-5-8-18-14(9-13)21-2/h5,8-9,12H,3-4,6-7,10-11,17H2,1-2H3,(H,19,20). The van der Waals surface area contributed by atoms with Crippen LogP contribution in [0, 0.1) is 11.3 Å². The normalized spacial score (nSPS) is 25.4. The Kier molecular flexibility index (Phi) is 5.17. The Hall–Kier alpha value is -1.62. The third-order valence-corrected chi connectivity index (χ3v) is 4.57. The number of carbonyl (C=O) groups is 1. The third-order valence-electron chi connectivity index (χ3n) is 4.57. The highest BCUT2D eigenvalue weighted by Crippen LogP contribution is 2.38. The van der Waals surface area contributed by atoms with E-state index in [1.807, 2.05) is 12.1 Å². The van der Waals surface area contributed by atoms with Gasteiger partial charge in [-0.15, -0.1) is 0 Å². The molecule has 21 heavy (non-hydrogen) atoms. The fourth-order valence-electron chi connectivity index (χ4n) is 2.88. The molecular formula is C16H25N3O2. The number of carbonyl (C=O) groups excluding carboxylic acids is 1. The molecule has 0 aliphatic heterocycles. The number of nitrogens with one attached hydrogen (secondary N) is 1. The molecule has 5 nitrogen and oxygen atoms in total. The van der Waals surface area contributed by atoms with Crippen molar-refractivity contribution in [2.75, 3.05) is 13.7 Å². The number of ether oxygens (including phenoxy) is 1. The second-order valence-electron chi connectivity index (χ2n) is 6.06. The van der Waals surface area contributed by atoms with Crippen LogP contribution in [0.2, 0.25) is 0 Å². The molecule has 1 aliphatic carbocycles. The summed E-state index contributed by atoms with van der Waals surface area (Å²) >= 11 is 0. The van der Waals surface area contributed by atoms with E-state index in [0.717, 1.165) is 31.2 Å². The molecule has 0 spiro atoms. The van der Waals surface area contributed by atoms with Gasteiger partial charge in [0.2, 0.25) is 11.8 Å². The highest BCUT2D eigenvalue weighted by molar-refractivity contribution is 5.83. The van der Waals surface area contributed by atoms with E-state index >= 15 is 0 Å². The maximum atomic E-state index is 12.5. The third kappa shape index (κ3) is 3.73. The minimum atomic E-state index is -0.385. The van der Waals surface area contributed by atoms with E-state index < -0.39 is 0 Å². The molecule has 3 N–H and O–H groups in total. The lowest BCUT2D eigenvalue weighted by atomic mass is 9.70. The van der Waals surface area contributed by atoms with Gasteiger partial charge in [-0.2, -0.15) is 0 Å². The van der Waals surface area contributed by atoms with Crippen LogP contribution in [0.15, 0.2) is 18.3 Å². The molecule has 1 amide bonds. The van der Waals surface area contributed by atoms with Crippen LogP contribution in [0.4, 0.5) is 0 Å². The molecule has 0 saturated heterocycles. The first-order valence-electron chi connectivity index (χ1n) is 7.57. The predicted molar refractivity (Wildman–Crippen MR) is 81.8 cm³/mol. The highest BCUT2D eigenvalue weighted by Gasteiger charge is 2.39. The second-order valence-corrected chi connectivity index (χ2v) is 6.06. The minimum absolute atomic E-state index is 0.0766. The fourth-order valence-corrected chi connectivity index (χ4v) is 2.88. The van der Waals surface area contributed by atoms with Crippen molar-refractivity contribution in [1.82, 2.24) is 10.3 Å². The summed E-state index contributed by atoms with van der Waals surface area (Å²) in [7, 11) is 1.58. The largest absolute Gasteiger partial charge is 0.481 e. The Bertz CT molecular complexity index is 482. The van der Waals surface area contributed by atoms with Gasteiger partial charge in [-0.3, -0.25) is 4.79 Å². The van der Waals surface area contributed by atoms with Crippen LogP contribution in [0.3, 0.4) is 0 Å². The first kappa shape index (κ1) is 15.8. The van der Waals surface area contributed by atoms with Crippen molar-refractivity contribution in [3.05, 3.63) is 23.9 Å². The second kappa shape index (κ2) is 6.89. The van der Waals surface area contributed by atoms with Crippen LogP contribution in [0.25, 0.3) is 0 Å². The fraction of sp³-hybridized carbons (Fsp3) is 0.625. The molecule has 5 heteroatoms. The molecule has 0 radical (unpaired) electrons. The number of amides is 1. The molecule has 2 rings (SSSR count). The Morgan fingerprint density at radius 1 is 1.52 bits per heavy atom. The van der Waals surface area contributed by atoms with E-state index in [-0.39, 0.29) is 11.3 Å². The zero-order valence-corrected chi connectivity index (χ0v) is 12.9. The summed E-state index contributed by atoms with van der Waals surface area (Å²) < 4.78 is 5.09. The average Bonchev–Trinajstić information content (AvgIpc) is 2.54. The summed E-state index contributed by atoms with van der Waals surface area (Å²) in [4.78, 5) is 16.6. The van der Waals surface area contributed by atoms with Gasteiger partial charge in [-0.25, -0.2) is 4.98 Å². The van der Waals surface area contributed by atoms with Crippen LogP contribution in [0.1, 0.15) is 38.2 Å². The molecular weight excluding hydrogens is 266 g/mol. The van der Waals surface area contributed by atoms with E-state index in [2.05, 4.69) is 17.2 Å². The summed E-state index contributed by atoms with van der Waals surface area (Å²) in [5, 5.41) is 3.02. The molecule has 1 heterocycles. The van der Waals surface area contributed by atoms with Crippen molar-refractivity contribution in [3.8, 4) is 5.88 Å². The summed E-state index contributed by atoms with van der Waals surface area (Å²) in [6, 6.07) is 3.71. The summed E-state index contributed by atoms with van der Waals surface area (Å²) in [5.74, 6) is 1.33. The Morgan fingerprint density at radius 3 is 2.86 bits per heavy atom. The van der Waals surface area contributed by atoms with Crippen molar-refractivity contribution in [3.63, 3.8) is 0 Å². The molecule has 1 aromatic heterocycles. The minimum Gasteiger partial charge on any atom is -0.481 e. The molecule has 0 bridgehead atoms. The lowest BCUT2D eigenvalue weighted by molar-refractivity contribution is -0.133. The van der Waals surface area contributed by atoms with Gasteiger partial charge in [-0.1, -0.05) is 6.92 Å². The smallest absolute Gasteiger partial charge is 0.227 e. The number of pyridine rings is 1. The van der Waals surface area contributed by atoms with Gasteiger partial charge >= 0.3 is 0 Å². The lowest BCUT2D eigenvalue weighted by Crippen LogP contribution is -2.47. The zero-order valence-electron chi connectivity index (χ0n) is 12.9. The van der Waals surface area contributed by atoms with Gasteiger partial charge in [0.05, 0.1) is 12.5 Å². The molecule has 1 fully saturated rings. The van der Waals surface area contributed by atoms with Crippen LogP contribution in [0.5, 0.6) is 5.88 Å². The van der Waals surface area contributed by atoms with E-state index in [1.165, 1.54) is 0 Å². The number of rotatable bonds is 5. The lowest BCUT2D eigenvalue weighted by Gasteiger charge is -2.37. The topological polar surface area (TPSA) is 77.2 Å². The first-order chi connectivity index (χ1) is 10.1. The van der Waals surface area contributed by atoms with Crippen molar-refractivity contribution in [1.29, 1.82) is 0 Å². The molecule has 0 unspecified atom stereocenters. The van der Waals surface area contributed by atoms with Crippen LogP contribution in [-0.4, -0.2) is 24.5 Å². The van der Waals surface area contributed by atoms with E-state index in [1.54, 1.807) is 13.3 Å². The van der Waals surface area contributed by atoms with E-state index in [4.69, 9.17) is 10.5 Å². The number of hydrogen-bond donors (Lipinski definition) is 2. The summed E-state index contributed by atoms with van der Waals surface area (Å²) in [6.07, 6.45) is 5.61. The molecule has 116 valence electrons. The van der Waals surface area contributed by atoms with Crippen molar-refractivity contribution in [2.24, 2.45) is 17.1 Å². The van der Waals surface area contributed by atoms with Gasteiger partial charge in [0, 0.05) is 25.4 Å². The highest BCUT2D eigenvalue weighted by atomic mass is 16.5. The van der Waals surface area contributed by atoms with Gasteiger partial charge in [-0.05, 0) is 43.2 Å². The summed E-state index contributed by atoms with van der Waals surface area (Å²) in [6.45, 7) is 3.14. The molecule has 0 atom stereocenters. The quantitative estimate of drug-likeness (QED) is 0.868. The number of nitrogens with two attached hydrogens (primary N) is 1. The monoisotopic (exact) mass is 291 g/mol. The van der Waals surface area contributed by atoms with Gasteiger partial charge < -0.3 is 15.8 Å². The van der Waals surface area contributed by atoms with E-state index in [9.17, 15) is 4.79 Å². The molecule has 1 saturated carbocycles. The maximum absolute atomic E-state index is 12.5. The van der Waals surface area contributed by atoms with E-state index in [0.29, 0.717) is 24.9 Å². The SMILES string of the molecule is COc1cc(CNC(=O)C2(CN)CCC(C)CC2)ccn1.